The van der Waals surface area contributed by atoms with Crippen molar-refractivity contribution in [1.82, 2.24) is 0 Å². The number of ether oxygens (including phenoxy) is 1. The van der Waals surface area contributed by atoms with Crippen LogP contribution in [0, 0.1) is 0 Å². The quantitative estimate of drug-likeness (QED) is 0.611. The Balaban J connectivity index is 2.18. The van der Waals surface area contributed by atoms with E-state index >= 15 is 0 Å². The maximum Gasteiger partial charge on any atom is 0.313 e. The van der Waals surface area contributed by atoms with Crippen molar-refractivity contribution in [3.8, 4) is 0 Å². The maximum absolute atomic E-state index is 12.1. The molecule has 0 saturated carbocycles. The summed E-state index contributed by atoms with van der Waals surface area (Å²) in [6.07, 6.45) is 2.99. The molecule has 0 unspecified atom stereocenters. The zero-order valence-corrected chi connectivity index (χ0v) is 10.5. The number of carbonyl (C=O) groups is 2. The normalized spacial score (nSPS) is 11.8. The molecule has 0 aliphatic rings. The van der Waals surface area contributed by atoms with Crippen LogP contribution in [-0.2, 0) is 9.53 Å². The van der Waals surface area contributed by atoms with E-state index in [1.807, 2.05) is 6.07 Å². The third-order valence-electron chi connectivity index (χ3n) is 2.92. The molecule has 1 heterocycles. The molecule has 0 N–H and O–H groups in total. The first-order valence-corrected chi connectivity index (χ1v) is 5.90. The van der Waals surface area contributed by atoms with Crippen molar-refractivity contribution < 1.29 is 18.7 Å². The van der Waals surface area contributed by atoms with Crippen molar-refractivity contribution in [2.75, 3.05) is 7.11 Å². The molecule has 0 fully saturated rings. The van der Waals surface area contributed by atoms with E-state index in [0.29, 0.717) is 11.1 Å². The van der Waals surface area contributed by atoms with E-state index in [1.165, 1.54) is 19.6 Å². The van der Waals surface area contributed by atoms with Gasteiger partial charge in [-0.15, -0.1) is 0 Å². The van der Waals surface area contributed by atoms with Crippen LogP contribution in [0.2, 0.25) is 0 Å². The van der Waals surface area contributed by atoms with Crippen LogP contribution in [-0.4, -0.2) is 18.9 Å². The van der Waals surface area contributed by atoms with Crippen LogP contribution in [0.3, 0.4) is 0 Å². The van der Waals surface area contributed by atoms with E-state index in [9.17, 15) is 9.59 Å². The maximum atomic E-state index is 12.1. The third kappa shape index (κ3) is 3.10. The highest BCUT2D eigenvalue weighted by atomic mass is 16.5. The number of carbonyl (C=O) groups excluding carboxylic acids is 2. The first-order chi connectivity index (χ1) is 9.22. The van der Waals surface area contributed by atoms with Crippen LogP contribution < -0.4 is 0 Å². The van der Waals surface area contributed by atoms with Gasteiger partial charge >= 0.3 is 5.97 Å². The number of ketones is 1. The van der Waals surface area contributed by atoms with Gasteiger partial charge in [-0.3, -0.25) is 9.59 Å². The van der Waals surface area contributed by atoms with Gasteiger partial charge in [0.25, 0.3) is 0 Å². The van der Waals surface area contributed by atoms with Crippen LogP contribution in [0.5, 0.6) is 0 Å². The highest BCUT2D eigenvalue weighted by molar-refractivity contribution is 5.99. The molecule has 2 aromatic rings. The van der Waals surface area contributed by atoms with Crippen LogP contribution >= 0.6 is 0 Å². The highest BCUT2D eigenvalue weighted by Gasteiger charge is 2.25. The van der Waals surface area contributed by atoms with Gasteiger partial charge in [0.05, 0.1) is 25.6 Å². The van der Waals surface area contributed by atoms with Crippen molar-refractivity contribution in [3.63, 3.8) is 0 Å². The van der Waals surface area contributed by atoms with Crippen molar-refractivity contribution >= 4 is 11.8 Å². The molecule has 0 aliphatic heterocycles. The lowest BCUT2D eigenvalue weighted by atomic mass is 9.93. The Kier molecular flexibility index (Phi) is 4.13. The molecule has 0 amide bonds. The van der Waals surface area contributed by atoms with E-state index in [4.69, 9.17) is 9.15 Å². The van der Waals surface area contributed by atoms with Crippen molar-refractivity contribution in [2.45, 2.75) is 12.3 Å². The molecule has 4 nitrogen and oxygen atoms in total. The van der Waals surface area contributed by atoms with E-state index in [2.05, 4.69) is 0 Å². The average molecular weight is 258 g/mol. The molecular formula is C15H14O4. The van der Waals surface area contributed by atoms with Gasteiger partial charge in [0.1, 0.15) is 0 Å². The fourth-order valence-electron chi connectivity index (χ4n) is 1.88. The Morgan fingerprint density at radius 1 is 1.21 bits per heavy atom. The Bertz CT molecular complexity index is 543. The minimum absolute atomic E-state index is 0.0657. The predicted molar refractivity (Wildman–Crippen MR) is 68.9 cm³/mol. The van der Waals surface area contributed by atoms with Gasteiger partial charge in [-0.1, -0.05) is 30.3 Å². The minimum Gasteiger partial charge on any atom is -0.472 e. The molecule has 2 rings (SSSR count). The van der Waals surface area contributed by atoms with E-state index in [-0.39, 0.29) is 12.2 Å². The number of benzene rings is 1. The van der Waals surface area contributed by atoms with Crippen LogP contribution in [0.4, 0.5) is 0 Å². The second kappa shape index (κ2) is 6.00. The van der Waals surface area contributed by atoms with Crippen molar-refractivity contribution in [2.24, 2.45) is 0 Å². The highest BCUT2D eigenvalue weighted by Crippen LogP contribution is 2.23. The summed E-state index contributed by atoms with van der Waals surface area (Å²) >= 11 is 0. The molecule has 1 atom stereocenters. The van der Waals surface area contributed by atoms with Crippen molar-refractivity contribution in [1.29, 1.82) is 0 Å². The Morgan fingerprint density at radius 2 is 1.95 bits per heavy atom. The Labute approximate surface area is 111 Å². The summed E-state index contributed by atoms with van der Waals surface area (Å²) in [7, 11) is 1.31. The molecule has 98 valence electrons. The topological polar surface area (TPSA) is 56.5 Å². The molecular weight excluding hydrogens is 244 g/mol. The molecule has 0 aliphatic carbocycles. The summed E-state index contributed by atoms with van der Waals surface area (Å²) in [5.41, 5.74) is 1.23. The summed E-state index contributed by atoms with van der Waals surface area (Å²) in [5.74, 6) is -1.17. The van der Waals surface area contributed by atoms with Crippen LogP contribution in [0.15, 0.2) is 53.3 Å². The smallest absolute Gasteiger partial charge is 0.313 e. The average Bonchev–Trinajstić information content (AvgIpc) is 2.98. The van der Waals surface area contributed by atoms with Gasteiger partial charge in [0.2, 0.25) is 0 Å². The lowest BCUT2D eigenvalue weighted by Crippen LogP contribution is -2.17. The summed E-state index contributed by atoms with van der Waals surface area (Å²) in [6, 6.07) is 10.5. The van der Waals surface area contributed by atoms with E-state index in [0.717, 1.165) is 0 Å². The summed E-state index contributed by atoms with van der Waals surface area (Å²) in [4.78, 5) is 23.9. The SMILES string of the molecule is COC(=O)[C@@H](CC(=O)c1ccccc1)c1ccoc1. The molecule has 0 bridgehead atoms. The molecule has 19 heavy (non-hydrogen) atoms. The summed E-state index contributed by atoms with van der Waals surface area (Å²) in [6.45, 7) is 0. The second-order valence-electron chi connectivity index (χ2n) is 4.13. The van der Waals surface area contributed by atoms with Gasteiger partial charge in [-0.05, 0) is 6.07 Å². The monoisotopic (exact) mass is 258 g/mol. The zero-order chi connectivity index (χ0) is 13.7. The number of esters is 1. The van der Waals surface area contributed by atoms with Gasteiger partial charge in [-0.2, -0.15) is 0 Å². The minimum atomic E-state index is -0.628. The lowest BCUT2D eigenvalue weighted by molar-refractivity contribution is -0.142. The second-order valence-corrected chi connectivity index (χ2v) is 4.13. The van der Waals surface area contributed by atoms with Crippen LogP contribution in [0.1, 0.15) is 28.3 Å². The number of hydrogen-bond acceptors (Lipinski definition) is 4. The molecule has 1 aromatic carbocycles. The number of rotatable bonds is 5. The molecule has 4 heteroatoms. The zero-order valence-electron chi connectivity index (χ0n) is 10.5. The first kappa shape index (κ1) is 13.1. The van der Waals surface area contributed by atoms with Crippen molar-refractivity contribution in [3.05, 3.63) is 60.1 Å². The van der Waals surface area contributed by atoms with Gasteiger partial charge < -0.3 is 9.15 Å². The number of hydrogen-bond donors (Lipinski definition) is 0. The van der Waals surface area contributed by atoms with Crippen LogP contribution in [0.25, 0.3) is 0 Å². The van der Waals surface area contributed by atoms with E-state index < -0.39 is 11.9 Å². The standard InChI is InChI=1S/C15H14O4/c1-18-15(17)13(12-7-8-19-10-12)9-14(16)11-5-3-2-4-6-11/h2-8,10,13H,9H2,1H3/t13-/m0/s1. The number of methoxy groups -OCH3 is 1. The summed E-state index contributed by atoms with van der Waals surface area (Å²) < 4.78 is 9.70. The largest absolute Gasteiger partial charge is 0.472 e. The lowest BCUT2D eigenvalue weighted by Gasteiger charge is -2.12. The van der Waals surface area contributed by atoms with Gasteiger partial charge in [-0.25, -0.2) is 0 Å². The molecule has 1 aromatic heterocycles. The Morgan fingerprint density at radius 3 is 2.53 bits per heavy atom. The first-order valence-electron chi connectivity index (χ1n) is 5.90. The molecule has 0 spiro atoms. The summed E-state index contributed by atoms with van der Waals surface area (Å²) in [5, 5.41) is 0. The Hall–Kier alpha value is -2.36. The third-order valence-corrected chi connectivity index (χ3v) is 2.92. The van der Waals surface area contributed by atoms with Gasteiger partial charge in [0, 0.05) is 17.5 Å². The van der Waals surface area contributed by atoms with Gasteiger partial charge in [0.15, 0.2) is 5.78 Å². The fourth-order valence-corrected chi connectivity index (χ4v) is 1.88. The number of furan rings is 1. The molecule has 0 radical (unpaired) electrons. The fraction of sp³-hybridized carbons (Fsp3) is 0.200. The molecule has 0 saturated heterocycles. The number of Topliss-reactive ketones (excluding diaryl/α,β-unsaturated/α-hetero) is 1. The predicted octanol–water partition coefficient (Wildman–Crippen LogP) is 2.81. The van der Waals surface area contributed by atoms with E-state index in [1.54, 1.807) is 30.3 Å².